The maximum absolute atomic E-state index is 13.3. The van der Waals surface area contributed by atoms with Crippen LogP contribution in [0, 0.1) is 6.92 Å². The molecule has 0 spiro atoms. The predicted molar refractivity (Wildman–Crippen MR) is 166 cm³/mol. The van der Waals surface area contributed by atoms with Gasteiger partial charge in [0.15, 0.2) is 5.13 Å². The average Bonchev–Trinajstić information content (AvgIpc) is 3.68. The number of aryl methyl sites for hydroxylation is 1. The van der Waals surface area contributed by atoms with Crippen LogP contribution in [0.3, 0.4) is 0 Å². The van der Waals surface area contributed by atoms with Crippen molar-refractivity contribution >= 4 is 57.7 Å². The van der Waals surface area contributed by atoms with Gasteiger partial charge in [0.05, 0.1) is 12.0 Å². The van der Waals surface area contributed by atoms with Gasteiger partial charge in [0.25, 0.3) is 11.8 Å². The van der Waals surface area contributed by atoms with Crippen LogP contribution in [0.1, 0.15) is 32.6 Å². The Bertz CT molecular complexity index is 1680. The normalized spacial score (nSPS) is 11.9. The van der Waals surface area contributed by atoms with E-state index in [1.54, 1.807) is 54.6 Å². The van der Waals surface area contributed by atoms with Gasteiger partial charge in [-0.25, -0.2) is 4.98 Å². The first kappa shape index (κ1) is 28.6. The maximum Gasteiger partial charge on any atom is 0.272 e. The highest BCUT2D eigenvalue weighted by Crippen LogP contribution is 2.37. The molecule has 0 saturated heterocycles. The second-order valence-electron chi connectivity index (χ2n) is 9.06. The monoisotopic (exact) mass is 594 g/mol. The fourth-order valence-corrected chi connectivity index (χ4v) is 5.61. The lowest BCUT2D eigenvalue weighted by atomic mass is 10.1. The highest BCUT2D eigenvalue weighted by atomic mass is 32.2. The molecule has 8 nitrogen and oxygen atoms in total. The SMILES string of the molecule is Cc1csc(NC(=O)C(Sc2ccc(NC(=O)/C(=C/c3ccco3)NC(=O)c3ccccc3)cc2)c2ccccc2)n1. The first-order valence-electron chi connectivity index (χ1n) is 12.9. The van der Waals surface area contributed by atoms with Crippen molar-refractivity contribution in [2.45, 2.75) is 17.1 Å². The van der Waals surface area contributed by atoms with E-state index < -0.39 is 17.1 Å². The molecule has 3 amide bonds. The molecule has 42 heavy (non-hydrogen) atoms. The molecular formula is C32H26N4O4S2. The molecule has 10 heteroatoms. The van der Waals surface area contributed by atoms with Crippen molar-refractivity contribution in [3.05, 3.63) is 137 Å². The zero-order chi connectivity index (χ0) is 29.3. The minimum Gasteiger partial charge on any atom is -0.465 e. The van der Waals surface area contributed by atoms with Crippen molar-refractivity contribution in [3.63, 3.8) is 0 Å². The van der Waals surface area contributed by atoms with E-state index in [2.05, 4.69) is 20.9 Å². The van der Waals surface area contributed by atoms with E-state index in [-0.39, 0.29) is 11.6 Å². The van der Waals surface area contributed by atoms with Crippen LogP contribution < -0.4 is 16.0 Å². The van der Waals surface area contributed by atoms with Gasteiger partial charge in [0, 0.05) is 27.6 Å². The number of aromatic nitrogens is 1. The van der Waals surface area contributed by atoms with Crippen LogP contribution in [0.25, 0.3) is 6.08 Å². The van der Waals surface area contributed by atoms with Crippen molar-refractivity contribution in [1.82, 2.24) is 10.3 Å². The number of carbonyl (C=O) groups is 3. The van der Waals surface area contributed by atoms with Crippen molar-refractivity contribution in [2.75, 3.05) is 10.6 Å². The van der Waals surface area contributed by atoms with Crippen LogP contribution in [-0.4, -0.2) is 22.7 Å². The van der Waals surface area contributed by atoms with Crippen LogP contribution in [-0.2, 0) is 9.59 Å². The number of benzene rings is 3. The Kier molecular flexibility index (Phi) is 9.27. The molecule has 5 aromatic rings. The molecule has 0 fully saturated rings. The standard InChI is InChI=1S/C32H26N4O4S2/c1-21-20-41-32(33-21)36-31(39)28(22-9-4-2-5-10-22)42-26-16-14-24(15-17-26)34-30(38)27(19-25-13-8-18-40-25)35-29(37)23-11-6-3-7-12-23/h2-20,28H,1H3,(H,34,38)(H,35,37)(H,33,36,39)/b27-19-. The van der Waals surface area contributed by atoms with Gasteiger partial charge in [0.2, 0.25) is 5.91 Å². The molecule has 2 heterocycles. The Morgan fingerprint density at radius 2 is 1.60 bits per heavy atom. The van der Waals surface area contributed by atoms with Gasteiger partial charge >= 0.3 is 0 Å². The van der Waals surface area contributed by atoms with Gasteiger partial charge in [-0.1, -0.05) is 48.5 Å². The summed E-state index contributed by atoms with van der Waals surface area (Å²) >= 11 is 2.77. The van der Waals surface area contributed by atoms with Crippen molar-refractivity contribution < 1.29 is 18.8 Å². The van der Waals surface area contributed by atoms with E-state index in [9.17, 15) is 14.4 Å². The van der Waals surface area contributed by atoms with Gasteiger partial charge in [-0.2, -0.15) is 0 Å². The number of anilines is 2. The number of hydrogen-bond acceptors (Lipinski definition) is 7. The molecule has 0 aliphatic carbocycles. The summed E-state index contributed by atoms with van der Waals surface area (Å²) in [6.45, 7) is 1.88. The number of carbonyl (C=O) groups excluding carboxylic acids is 3. The number of thioether (sulfide) groups is 1. The van der Waals surface area contributed by atoms with Gasteiger partial charge < -0.3 is 20.4 Å². The third kappa shape index (κ3) is 7.62. The molecule has 1 unspecified atom stereocenters. The van der Waals surface area contributed by atoms with Crippen molar-refractivity contribution in [1.29, 1.82) is 0 Å². The first-order valence-corrected chi connectivity index (χ1v) is 14.7. The van der Waals surface area contributed by atoms with Crippen molar-refractivity contribution in [3.8, 4) is 0 Å². The van der Waals surface area contributed by atoms with E-state index in [1.165, 1.54) is 35.4 Å². The largest absolute Gasteiger partial charge is 0.465 e. The third-order valence-corrected chi connectivity index (χ3v) is 8.06. The van der Waals surface area contributed by atoms with E-state index in [4.69, 9.17) is 4.42 Å². The Labute approximate surface area is 250 Å². The van der Waals surface area contributed by atoms with Crippen LogP contribution in [0.5, 0.6) is 0 Å². The average molecular weight is 595 g/mol. The molecule has 0 bridgehead atoms. The van der Waals surface area contributed by atoms with E-state index in [1.807, 2.05) is 54.8 Å². The summed E-state index contributed by atoms with van der Waals surface area (Å²) in [6, 6.07) is 28.7. The van der Waals surface area contributed by atoms with Gasteiger partial charge in [-0.05, 0) is 61.0 Å². The highest BCUT2D eigenvalue weighted by Gasteiger charge is 2.23. The number of nitrogens with zero attached hydrogens (tertiary/aromatic N) is 1. The van der Waals surface area contributed by atoms with E-state index in [0.717, 1.165) is 16.2 Å². The number of rotatable bonds is 10. The number of amides is 3. The Balaban J connectivity index is 1.30. The van der Waals surface area contributed by atoms with Gasteiger partial charge in [-0.3, -0.25) is 14.4 Å². The first-order chi connectivity index (χ1) is 20.4. The zero-order valence-electron chi connectivity index (χ0n) is 22.4. The highest BCUT2D eigenvalue weighted by molar-refractivity contribution is 8.00. The van der Waals surface area contributed by atoms with Gasteiger partial charge in [-0.15, -0.1) is 23.1 Å². The van der Waals surface area contributed by atoms with Crippen LogP contribution in [0.15, 0.2) is 124 Å². The Morgan fingerprint density at radius 3 is 2.24 bits per heavy atom. The Morgan fingerprint density at radius 1 is 0.881 bits per heavy atom. The molecule has 2 aromatic heterocycles. The fraction of sp³-hybridized carbons (Fsp3) is 0.0625. The summed E-state index contributed by atoms with van der Waals surface area (Å²) in [7, 11) is 0. The Hall–Kier alpha value is -4.93. The van der Waals surface area contributed by atoms with Crippen LogP contribution in [0.4, 0.5) is 10.8 Å². The summed E-state index contributed by atoms with van der Waals surface area (Å²) < 4.78 is 5.35. The summed E-state index contributed by atoms with van der Waals surface area (Å²) in [5, 5.41) is 10.3. The van der Waals surface area contributed by atoms with E-state index >= 15 is 0 Å². The molecule has 210 valence electrons. The molecule has 3 aromatic carbocycles. The predicted octanol–water partition coefficient (Wildman–Crippen LogP) is 6.93. The van der Waals surface area contributed by atoms with E-state index in [0.29, 0.717) is 22.1 Å². The molecule has 5 rings (SSSR count). The minimum absolute atomic E-state index is 0.0236. The van der Waals surface area contributed by atoms with Crippen molar-refractivity contribution in [2.24, 2.45) is 0 Å². The molecule has 0 aliphatic rings. The second-order valence-corrected chi connectivity index (χ2v) is 11.1. The molecule has 3 N–H and O–H groups in total. The molecule has 1 atom stereocenters. The number of thiazole rings is 1. The minimum atomic E-state index is -0.521. The summed E-state index contributed by atoms with van der Waals surface area (Å²) in [5.74, 6) is -0.706. The number of furan rings is 1. The molecule has 0 radical (unpaired) electrons. The molecule has 0 aliphatic heterocycles. The second kappa shape index (κ2) is 13.6. The quantitative estimate of drug-likeness (QED) is 0.119. The lowest BCUT2D eigenvalue weighted by molar-refractivity contribution is -0.116. The topological polar surface area (TPSA) is 113 Å². The van der Waals surface area contributed by atoms with Crippen LogP contribution >= 0.6 is 23.1 Å². The molecule has 0 saturated carbocycles. The number of hydrogen-bond donors (Lipinski definition) is 3. The lowest BCUT2D eigenvalue weighted by Gasteiger charge is -2.16. The maximum atomic E-state index is 13.3. The number of nitrogens with one attached hydrogen (secondary N) is 3. The van der Waals surface area contributed by atoms with Gasteiger partial charge in [0.1, 0.15) is 16.7 Å². The van der Waals surface area contributed by atoms with Crippen LogP contribution in [0.2, 0.25) is 0 Å². The zero-order valence-corrected chi connectivity index (χ0v) is 24.1. The lowest BCUT2D eigenvalue weighted by Crippen LogP contribution is -2.30. The third-order valence-electron chi connectivity index (χ3n) is 5.91. The summed E-state index contributed by atoms with van der Waals surface area (Å²) in [6.07, 6.45) is 2.95. The summed E-state index contributed by atoms with van der Waals surface area (Å²) in [4.78, 5) is 44.4. The fourth-order valence-electron chi connectivity index (χ4n) is 3.89. The molecular weight excluding hydrogens is 569 g/mol. The summed E-state index contributed by atoms with van der Waals surface area (Å²) in [5.41, 5.74) is 2.66. The smallest absolute Gasteiger partial charge is 0.272 e.